The van der Waals surface area contributed by atoms with E-state index in [9.17, 15) is 9.59 Å². The molecule has 0 spiro atoms. The van der Waals surface area contributed by atoms with Crippen LogP contribution in [0.3, 0.4) is 0 Å². The summed E-state index contributed by atoms with van der Waals surface area (Å²) >= 11 is 1.49. The van der Waals surface area contributed by atoms with Crippen molar-refractivity contribution in [1.82, 2.24) is 4.57 Å². The number of rotatable bonds is 3. The van der Waals surface area contributed by atoms with Crippen molar-refractivity contribution in [3.63, 3.8) is 0 Å². The topological polar surface area (TPSA) is 54.7 Å². The van der Waals surface area contributed by atoms with Gasteiger partial charge < -0.3 is 9.47 Å². The molecule has 0 aliphatic carbocycles. The number of aromatic nitrogens is 1. The number of fused-ring (bicyclic) bond motifs is 1. The molecule has 2 heterocycles. The Morgan fingerprint density at radius 1 is 1.19 bits per heavy atom. The Bertz CT molecular complexity index is 1080. The van der Waals surface area contributed by atoms with Crippen LogP contribution in [0, 0.1) is 5.92 Å². The van der Waals surface area contributed by atoms with Crippen LogP contribution >= 0.6 is 11.3 Å². The molecule has 3 aromatic rings. The van der Waals surface area contributed by atoms with Crippen molar-refractivity contribution >= 4 is 39.1 Å². The molecule has 1 fully saturated rings. The molecule has 1 aliphatic rings. The summed E-state index contributed by atoms with van der Waals surface area (Å²) < 4.78 is 3.02. The van der Waals surface area contributed by atoms with E-state index in [0.717, 1.165) is 22.3 Å². The highest BCUT2D eigenvalue weighted by Crippen LogP contribution is 2.26. The van der Waals surface area contributed by atoms with Crippen LogP contribution in [0.1, 0.15) is 18.9 Å². The summed E-state index contributed by atoms with van der Waals surface area (Å²) in [7, 11) is 1.91. The number of carbonyl (C=O) groups is 2. The molecule has 27 heavy (non-hydrogen) atoms. The summed E-state index contributed by atoms with van der Waals surface area (Å²) in [6.07, 6.45) is 1.17. The minimum atomic E-state index is -0.395. The van der Waals surface area contributed by atoms with Gasteiger partial charge >= 0.3 is 0 Å². The van der Waals surface area contributed by atoms with E-state index in [0.29, 0.717) is 11.3 Å². The minimum Gasteiger partial charge on any atom is -0.319 e. The lowest BCUT2D eigenvalue weighted by Gasteiger charge is -2.16. The summed E-state index contributed by atoms with van der Waals surface area (Å²) in [5.41, 5.74) is 3.12. The van der Waals surface area contributed by atoms with E-state index in [2.05, 4.69) is 11.9 Å². The van der Waals surface area contributed by atoms with E-state index in [1.54, 1.807) is 4.90 Å². The van der Waals surface area contributed by atoms with Crippen molar-refractivity contribution in [3.05, 3.63) is 58.9 Å². The number of carbonyl (C=O) groups excluding carboxylic acids is 2. The standard InChI is InChI=1S/C21H21N3O2S/c1-3-14-8-10-16(11-9-14)24-13-15(12-19(24)25)20(26)22-21-23(2)17-6-4-5-7-18(17)27-21/h4-11,15H,3,12-13H2,1-2H3/t15-/m1/s1. The van der Waals surface area contributed by atoms with Gasteiger partial charge in [-0.1, -0.05) is 42.5 Å². The van der Waals surface area contributed by atoms with Gasteiger partial charge in [-0.2, -0.15) is 4.99 Å². The molecule has 0 saturated carbocycles. The fraction of sp³-hybridized carbons (Fsp3) is 0.286. The number of anilines is 1. The number of benzene rings is 2. The highest BCUT2D eigenvalue weighted by Gasteiger charge is 2.35. The molecule has 1 aromatic heterocycles. The average molecular weight is 379 g/mol. The molecule has 0 N–H and O–H groups in total. The number of amides is 2. The summed E-state index contributed by atoms with van der Waals surface area (Å²) in [5, 5.41) is 0. The largest absolute Gasteiger partial charge is 0.319 e. The number of hydrogen-bond acceptors (Lipinski definition) is 3. The first-order valence-electron chi connectivity index (χ1n) is 9.09. The third kappa shape index (κ3) is 3.32. The first-order chi connectivity index (χ1) is 13.1. The second-order valence-corrected chi connectivity index (χ2v) is 7.80. The maximum atomic E-state index is 12.7. The molecular formula is C21H21N3O2S. The second kappa shape index (κ2) is 7.12. The molecule has 4 rings (SSSR count). The highest BCUT2D eigenvalue weighted by atomic mass is 32.1. The molecule has 1 atom stereocenters. The highest BCUT2D eigenvalue weighted by molar-refractivity contribution is 7.16. The normalized spacial score (nSPS) is 17.9. The van der Waals surface area contributed by atoms with Gasteiger partial charge in [-0.15, -0.1) is 0 Å². The van der Waals surface area contributed by atoms with E-state index < -0.39 is 5.92 Å². The van der Waals surface area contributed by atoms with Crippen molar-refractivity contribution in [3.8, 4) is 0 Å². The average Bonchev–Trinajstić information content (AvgIpc) is 3.23. The van der Waals surface area contributed by atoms with E-state index in [-0.39, 0.29) is 18.2 Å². The first kappa shape index (κ1) is 17.7. The SMILES string of the molecule is CCc1ccc(N2C[C@H](C(=O)N=c3sc4ccccc4n3C)CC2=O)cc1. The molecule has 2 aromatic carbocycles. The Hall–Kier alpha value is -2.73. The predicted molar refractivity (Wildman–Crippen MR) is 108 cm³/mol. The van der Waals surface area contributed by atoms with Gasteiger partial charge in [-0.25, -0.2) is 0 Å². The third-order valence-electron chi connectivity index (χ3n) is 5.05. The molecule has 0 radical (unpaired) electrons. The van der Waals surface area contributed by atoms with Crippen LogP contribution in [0.5, 0.6) is 0 Å². The zero-order valence-electron chi connectivity index (χ0n) is 15.4. The van der Waals surface area contributed by atoms with Crippen LogP contribution in [-0.4, -0.2) is 22.9 Å². The number of hydrogen-bond donors (Lipinski definition) is 0. The van der Waals surface area contributed by atoms with Gasteiger partial charge in [0, 0.05) is 25.7 Å². The van der Waals surface area contributed by atoms with E-state index in [1.165, 1.54) is 16.9 Å². The third-order valence-corrected chi connectivity index (χ3v) is 6.16. The number of para-hydroxylation sites is 1. The Morgan fingerprint density at radius 2 is 1.93 bits per heavy atom. The summed E-state index contributed by atoms with van der Waals surface area (Å²) in [6, 6.07) is 15.9. The fourth-order valence-corrected chi connectivity index (χ4v) is 4.43. The zero-order valence-corrected chi connectivity index (χ0v) is 16.2. The lowest BCUT2D eigenvalue weighted by Crippen LogP contribution is -2.26. The lowest BCUT2D eigenvalue weighted by atomic mass is 10.1. The van der Waals surface area contributed by atoms with Crippen molar-refractivity contribution in [2.75, 3.05) is 11.4 Å². The quantitative estimate of drug-likeness (QED) is 0.701. The predicted octanol–water partition coefficient (Wildman–Crippen LogP) is 3.28. The van der Waals surface area contributed by atoms with Crippen molar-refractivity contribution in [2.24, 2.45) is 18.0 Å². The van der Waals surface area contributed by atoms with E-state index in [4.69, 9.17) is 0 Å². The molecule has 0 bridgehead atoms. The van der Waals surface area contributed by atoms with Crippen molar-refractivity contribution < 1.29 is 9.59 Å². The van der Waals surface area contributed by atoms with Crippen LogP contribution in [0.25, 0.3) is 10.2 Å². The van der Waals surface area contributed by atoms with Gasteiger partial charge in [-0.3, -0.25) is 9.59 Å². The first-order valence-corrected chi connectivity index (χ1v) is 9.91. The van der Waals surface area contributed by atoms with Crippen LogP contribution in [0.4, 0.5) is 5.69 Å². The number of nitrogens with zero attached hydrogens (tertiary/aromatic N) is 3. The van der Waals surface area contributed by atoms with E-state index in [1.807, 2.05) is 60.1 Å². The Labute approximate surface area is 161 Å². The molecule has 1 saturated heterocycles. The monoisotopic (exact) mass is 379 g/mol. The van der Waals surface area contributed by atoms with Crippen LogP contribution in [0.2, 0.25) is 0 Å². The van der Waals surface area contributed by atoms with Crippen molar-refractivity contribution in [1.29, 1.82) is 0 Å². The van der Waals surface area contributed by atoms with Gasteiger partial charge in [0.15, 0.2) is 4.80 Å². The summed E-state index contributed by atoms with van der Waals surface area (Å²) in [5.74, 6) is -0.639. The summed E-state index contributed by atoms with van der Waals surface area (Å²) in [6.45, 7) is 2.49. The minimum absolute atomic E-state index is 0.0199. The number of thiazole rings is 1. The molecule has 0 unspecified atom stereocenters. The molecular weight excluding hydrogens is 358 g/mol. The second-order valence-electron chi connectivity index (χ2n) is 6.79. The van der Waals surface area contributed by atoms with Gasteiger partial charge in [-0.05, 0) is 36.2 Å². The molecule has 5 nitrogen and oxygen atoms in total. The van der Waals surface area contributed by atoms with Gasteiger partial charge in [0.05, 0.1) is 16.1 Å². The molecule has 138 valence electrons. The Kier molecular flexibility index (Phi) is 4.66. The Morgan fingerprint density at radius 3 is 2.63 bits per heavy atom. The maximum Gasteiger partial charge on any atom is 0.253 e. The summed E-state index contributed by atoms with van der Waals surface area (Å²) in [4.78, 5) is 31.8. The van der Waals surface area contributed by atoms with Crippen LogP contribution in [-0.2, 0) is 23.1 Å². The maximum absolute atomic E-state index is 12.7. The van der Waals surface area contributed by atoms with Crippen LogP contribution < -0.4 is 9.70 Å². The van der Waals surface area contributed by atoms with E-state index >= 15 is 0 Å². The fourth-order valence-electron chi connectivity index (χ4n) is 3.41. The smallest absolute Gasteiger partial charge is 0.253 e. The molecule has 1 aliphatic heterocycles. The van der Waals surface area contributed by atoms with Gasteiger partial charge in [0.25, 0.3) is 5.91 Å². The molecule has 6 heteroatoms. The van der Waals surface area contributed by atoms with Gasteiger partial charge in [0.1, 0.15) is 0 Å². The van der Waals surface area contributed by atoms with Crippen molar-refractivity contribution in [2.45, 2.75) is 19.8 Å². The van der Waals surface area contributed by atoms with Crippen LogP contribution in [0.15, 0.2) is 53.5 Å². The zero-order chi connectivity index (χ0) is 19.0. The Balaban J connectivity index is 1.57. The lowest BCUT2D eigenvalue weighted by molar-refractivity contribution is -0.123. The molecule has 2 amide bonds. The number of aryl methyl sites for hydroxylation is 2. The van der Waals surface area contributed by atoms with Gasteiger partial charge in [0.2, 0.25) is 5.91 Å².